The normalized spacial score (nSPS) is 24.3. The molecule has 1 aliphatic rings. The summed E-state index contributed by atoms with van der Waals surface area (Å²) in [6.45, 7) is 6.60. The van der Waals surface area contributed by atoms with E-state index < -0.39 is 0 Å². The smallest absolute Gasteiger partial charge is 0.147 e. The fraction of sp³-hybridized carbons (Fsp3) is 0.615. The van der Waals surface area contributed by atoms with Gasteiger partial charge in [-0.2, -0.15) is 0 Å². The van der Waals surface area contributed by atoms with Crippen LogP contribution in [-0.4, -0.2) is 37.3 Å². The molecule has 1 fully saturated rings. The molecule has 0 spiro atoms. The minimum atomic E-state index is 0.212. The summed E-state index contributed by atoms with van der Waals surface area (Å²) in [6, 6.07) is 1.98. The summed E-state index contributed by atoms with van der Waals surface area (Å²) in [5, 5.41) is 3.80. The van der Waals surface area contributed by atoms with Gasteiger partial charge in [-0.3, -0.25) is 0 Å². The Labute approximate surface area is 113 Å². The van der Waals surface area contributed by atoms with Crippen molar-refractivity contribution in [3.8, 4) is 0 Å². The number of anilines is 1. The lowest BCUT2D eigenvalue weighted by molar-refractivity contribution is -0.00545. The third-order valence-corrected chi connectivity index (χ3v) is 3.26. The SMILES string of the molecule is CNCc1cnc(N2CC(C)OC(C)C2)c(Cl)c1. The maximum Gasteiger partial charge on any atom is 0.147 e. The topological polar surface area (TPSA) is 37.4 Å². The van der Waals surface area contributed by atoms with Crippen molar-refractivity contribution in [3.63, 3.8) is 0 Å². The van der Waals surface area contributed by atoms with Crippen LogP contribution in [0, 0.1) is 0 Å². The van der Waals surface area contributed by atoms with Gasteiger partial charge in [0.25, 0.3) is 0 Å². The Balaban J connectivity index is 2.17. The Kier molecular flexibility index (Phi) is 4.43. The Morgan fingerprint density at radius 3 is 2.67 bits per heavy atom. The van der Waals surface area contributed by atoms with Crippen LogP contribution in [0.1, 0.15) is 19.4 Å². The molecule has 1 N–H and O–H groups in total. The first-order chi connectivity index (χ1) is 8.60. The van der Waals surface area contributed by atoms with Crippen LogP contribution in [0.15, 0.2) is 12.3 Å². The lowest BCUT2D eigenvalue weighted by atomic mass is 10.2. The molecule has 0 aromatic carbocycles. The van der Waals surface area contributed by atoms with Gasteiger partial charge < -0.3 is 15.0 Å². The van der Waals surface area contributed by atoms with Crippen LogP contribution in [0.3, 0.4) is 0 Å². The molecular weight excluding hydrogens is 250 g/mol. The highest BCUT2D eigenvalue weighted by Crippen LogP contribution is 2.26. The van der Waals surface area contributed by atoms with E-state index in [2.05, 4.69) is 29.0 Å². The van der Waals surface area contributed by atoms with Gasteiger partial charge in [0.1, 0.15) is 5.82 Å². The third-order valence-electron chi connectivity index (χ3n) is 2.98. The van der Waals surface area contributed by atoms with Gasteiger partial charge in [0.05, 0.1) is 17.2 Å². The van der Waals surface area contributed by atoms with Crippen molar-refractivity contribution in [1.82, 2.24) is 10.3 Å². The molecule has 0 bridgehead atoms. The quantitative estimate of drug-likeness (QED) is 0.912. The number of morpholine rings is 1. The van der Waals surface area contributed by atoms with Gasteiger partial charge in [-0.05, 0) is 32.5 Å². The molecule has 5 heteroatoms. The number of ether oxygens (including phenoxy) is 1. The largest absolute Gasteiger partial charge is 0.372 e. The maximum atomic E-state index is 6.32. The Hall–Kier alpha value is -0.840. The van der Waals surface area contributed by atoms with Crippen LogP contribution in [-0.2, 0) is 11.3 Å². The predicted octanol–water partition coefficient (Wildman–Crippen LogP) is 2.07. The summed E-state index contributed by atoms with van der Waals surface area (Å²) in [5.74, 6) is 0.860. The lowest BCUT2D eigenvalue weighted by Crippen LogP contribution is -2.46. The van der Waals surface area contributed by atoms with Crippen LogP contribution in [0.2, 0.25) is 5.02 Å². The molecule has 2 unspecified atom stereocenters. The molecule has 0 radical (unpaired) electrons. The van der Waals surface area contributed by atoms with E-state index in [1.165, 1.54) is 0 Å². The number of hydrogen-bond donors (Lipinski definition) is 1. The first kappa shape index (κ1) is 13.6. The molecular formula is C13H20ClN3O. The molecule has 1 aliphatic heterocycles. The van der Waals surface area contributed by atoms with Crippen LogP contribution < -0.4 is 10.2 Å². The average Bonchev–Trinajstić information content (AvgIpc) is 2.28. The standard InChI is InChI=1S/C13H20ClN3O/c1-9-7-17(8-10(2)18-9)13-12(14)4-11(5-15-3)6-16-13/h4,6,9-10,15H,5,7-8H2,1-3H3. The van der Waals surface area contributed by atoms with E-state index in [0.717, 1.165) is 31.0 Å². The van der Waals surface area contributed by atoms with Gasteiger partial charge in [-0.25, -0.2) is 4.98 Å². The van der Waals surface area contributed by atoms with Crippen LogP contribution >= 0.6 is 11.6 Å². The van der Waals surface area contributed by atoms with Crippen LogP contribution in [0.5, 0.6) is 0 Å². The maximum absolute atomic E-state index is 6.32. The van der Waals surface area contributed by atoms with E-state index >= 15 is 0 Å². The van der Waals surface area contributed by atoms with Crippen molar-refractivity contribution in [2.24, 2.45) is 0 Å². The summed E-state index contributed by atoms with van der Waals surface area (Å²) >= 11 is 6.32. The third kappa shape index (κ3) is 3.13. The van der Waals surface area contributed by atoms with Crippen LogP contribution in [0.25, 0.3) is 0 Å². The summed E-state index contributed by atoms with van der Waals surface area (Å²) in [6.07, 6.45) is 2.30. The number of hydrogen-bond acceptors (Lipinski definition) is 4. The number of nitrogens with one attached hydrogen (secondary N) is 1. The van der Waals surface area contributed by atoms with Crippen molar-refractivity contribution < 1.29 is 4.74 Å². The second-order valence-corrected chi connectivity index (χ2v) is 5.25. The number of rotatable bonds is 3. The van der Waals surface area contributed by atoms with Gasteiger partial charge in [0, 0.05) is 25.8 Å². The first-order valence-corrected chi connectivity index (χ1v) is 6.67. The van der Waals surface area contributed by atoms with Gasteiger partial charge in [-0.15, -0.1) is 0 Å². The number of nitrogens with zero attached hydrogens (tertiary/aromatic N) is 2. The van der Waals surface area contributed by atoms with E-state index in [1.54, 1.807) is 0 Å². The van der Waals surface area contributed by atoms with E-state index in [4.69, 9.17) is 16.3 Å². The van der Waals surface area contributed by atoms with Crippen molar-refractivity contribution in [2.45, 2.75) is 32.6 Å². The molecule has 0 saturated carbocycles. The molecule has 1 aromatic heterocycles. The Morgan fingerprint density at radius 1 is 1.44 bits per heavy atom. The van der Waals surface area contributed by atoms with Gasteiger partial charge in [0.2, 0.25) is 0 Å². The summed E-state index contributed by atoms with van der Waals surface area (Å²) < 4.78 is 5.72. The van der Waals surface area contributed by atoms with E-state index in [-0.39, 0.29) is 12.2 Å². The Bertz CT molecular complexity index is 403. The molecule has 1 saturated heterocycles. The minimum Gasteiger partial charge on any atom is -0.372 e. The lowest BCUT2D eigenvalue weighted by Gasteiger charge is -2.36. The van der Waals surface area contributed by atoms with E-state index in [0.29, 0.717) is 5.02 Å². The molecule has 0 aliphatic carbocycles. The van der Waals surface area contributed by atoms with Gasteiger partial charge in [0.15, 0.2) is 0 Å². The van der Waals surface area contributed by atoms with E-state index in [1.807, 2.05) is 19.3 Å². The molecule has 1 aromatic rings. The second-order valence-electron chi connectivity index (χ2n) is 4.84. The molecule has 0 amide bonds. The van der Waals surface area contributed by atoms with Crippen molar-refractivity contribution in [2.75, 3.05) is 25.0 Å². The molecule has 100 valence electrons. The fourth-order valence-corrected chi connectivity index (χ4v) is 2.66. The zero-order chi connectivity index (χ0) is 13.1. The van der Waals surface area contributed by atoms with Crippen molar-refractivity contribution in [1.29, 1.82) is 0 Å². The van der Waals surface area contributed by atoms with Crippen molar-refractivity contribution in [3.05, 3.63) is 22.8 Å². The van der Waals surface area contributed by atoms with E-state index in [9.17, 15) is 0 Å². The summed E-state index contributed by atoms with van der Waals surface area (Å²) in [7, 11) is 1.91. The summed E-state index contributed by atoms with van der Waals surface area (Å²) in [4.78, 5) is 6.69. The number of pyridine rings is 1. The molecule has 2 atom stereocenters. The van der Waals surface area contributed by atoms with Crippen molar-refractivity contribution >= 4 is 17.4 Å². The minimum absolute atomic E-state index is 0.212. The van der Waals surface area contributed by atoms with Crippen LogP contribution in [0.4, 0.5) is 5.82 Å². The van der Waals surface area contributed by atoms with Gasteiger partial charge >= 0.3 is 0 Å². The average molecular weight is 270 g/mol. The highest BCUT2D eigenvalue weighted by molar-refractivity contribution is 6.33. The monoisotopic (exact) mass is 269 g/mol. The number of aromatic nitrogens is 1. The highest BCUT2D eigenvalue weighted by atomic mass is 35.5. The zero-order valence-corrected chi connectivity index (χ0v) is 11.9. The molecule has 4 nitrogen and oxygen atoms in total. The molecule has 2 heterocycles. The van der Waals surface area contributed by atoms with Gasteiger partial charge in [-0.1, -0.05) is 11.6 Å². The second kappa shape index (κ2) is 5.87. The molecule has 2 rings (SSSR count). The first-order valence-electron chi connectivity index (χ1n) is 6.29. The molecule has 18 heavy (non-hydrogen) atoms. The fourth-order valence-electron chi connectivity index (χ4n) is 2.35. The number of halogens is 1. The highest BCUT2D eigenvalue weighted by Gasteiger charge is 2.24. The summed E-state index contributed by atoms with van der Waals surface area (Å²) in [5.41, 5.74) is 1.10. The zero-order valence-electron chi connectivity index (χ0n) is 11.1. The Morgan fingerprint density at radius 2 is 2.11 bits per heavy atom. The predicted molar refractivity (Wildman–Crippen MR) is 74.2 cm³/mol.